The summed E-state index contributed by atoms with van der Waals surface area (Å²) in [5.74, 6) is 0.0107. The van der Waals surface area contributed by atoms with E-state index in [1.165, 1.54) is 5.56 Å². The molecule has 2 N–H and O–H groups in total. The van der Waals surface area contributed by atoms with Crippen LogP contribution in [0.3, 0.4) is 0 Å². The summed E-state index contributed by atoms with van der Waals surface area (Å²) >= 11 is 5.84. The van der Waals surface area contributed by atoms with E-state index < -0.39 is 0 Å². The summed E-state index contributed by atoms with van der Waals surface area (Å²) in [7, 11) is 0. The highest BCUT2D eigenvalue weighted by Gasteiger charge is 2.08. The van der Waals surface area contributed by atoms with E-state index in [2.05, 4.69) is 29.7 Å². The number of anilines is 2. The number of carbonyl (C=O) groups excluding carboxylic acids is 1. The lowest BCUT2D eigenvalue weighted by molar-refractivity contribution is -0.115. The van der Waals surface area contributed by atoms with E-state index in [9.17, 15) is 4.79 Å². The van der Waals surface area contributed by atoms with Gasteiger partial charge >= 0.3 is 0 Å². The number of hydrogen-bond acceptors (Lipinski definition) is 2. The van der Waals surface area contributed by atoms with Gasteiger partial charge in [-0.15, -0.1) is 0 Å². The van der Waals surface area contributed by atoms with Crippen molar-refractivity contribution < 1.29 is 4.79 Å². The molecule has 0 spiro atoms. The fraction of sp³-hybridized carbons (Fsp3) is 0.278. The summed E-state index contributed by atoms with van der Waals surface area (Å²) in [5.41, 5.74) is 5.27. The predicted octanol–water partition coefficient (Wildman–Crippen LogP) is 4.71. The highest BCUT2D eigenvalue weighted by molar-refractivity contribution is 6.30. The number of nitrogens with one attached hydrogen (secondary N) is 2. The molecule has 2 aromatic carbocycles. The molecule has 3 nitrogen and oxygen atoms in total. The molecule has 0 aliphatic carbocycles. The summed E-state index contributed by atoms with van der Waals surface area (Å²) in [6, 6.07) is 11.6. The van der Waals surface area contributed by atoms with Crippen molar-refractivity contribution in [2.24, 2.45) is 0 Å². The van der Waals surface area contributed by atoms with E-state index in [4.69, 9.17) is 11.6 Å². The lowest BCUT2D eigenvalue weighted by atomic mass is 10.1. The van der Waals surface area contributed by atoms with Gasteiger partial charge in [0.2, 0.25) is 5.91 Å². The number of aryl methyl sites for hydroxylation is 3. The third-order valence-corrected chi connectivity index (χ3v) is 3.72. The number of rotatable bonds is 5. The maximum absolute atomic E-state index is 12.1. The molecule has 1 amide bonds. The van der Waals surface area contributed by atoms with Crippen LogP contribution in [-0.4, -0.2) is 12.5 Å². The van der Waals surface area contributed by atoms with E-state index in [1.54, 1.807) is 0 Å². The summed E-state index contributed by atoms with van der Waals surface area (Å²) in [6.45, 7) is 6.67. The Morgan fingerprint density at radius 3 is 2.23 bits per heavy atom. The van der Waals surface area contributed by atoms with Crippen molar-refractivity contribution in [3.05, 3.63) is 58.1 Å². The molecule has 0 bridgehead atoms. The standard InChI is InChI=1S/C18H21ClN2O/c1-12-10-13(2)18(14(3)11-12)21-17(22)8-9-20-16-6-4-15(19)5-7-16/h4-7,10-11,20H,8-9H2,1-3H3,(H,21,22). The molecule has 22 heavy (non-hydrogen) atoms. The van der Waals surface area contributed by atoms with Gasteiger partial charge < -0.3 is 10.6 Å². The van der Waals surface area contributed by atoms with Crippen LogP contribution in [0.15, 0.2) is 36.4 Å². The molecule has 116 valence electrons. The van der Waals surface area contributed by atoms with E-state index in [0.29, 0.717) is 18.0 Å². The Balaban J connectivity index is 1.87. The predicted molar refractivity (Wildman–Crippen MR) is 93.8 cm³/mol. The van der Waals surface area contributed by atoms with Crippen LogP contribution < -0.4 is 10.6 Å². The van der Waals surface area contributed by atoms with Gasteiger partial charge in [-0.25, -0.2) is 0 Å². The van der Waals surface area contributed by atoms with Gasteiger partial charge in [0.25, 0.3) is 0 Å². The Hall–Kier alpha value is -2.00. The second-order valence-electron chi connectivity index (χ2n) is 5.51. The zero-order valence-electron chi connectivity index (χ0n) is 13.2. The Morgan fingerprint density at radius 2 is 1.64 bits per heavy atom. The maximum atomic E-state index is 12.1. The Morgan fingerprint density at radius 1 is 1.05 bits per heavy atom. The fourth-order valence-corrected chi connectivity index (χ4v) is 2.59. The molecule has 0 aromatic heterocycles. The van der Waals surface area contributed by atoms with Crippen LogP contribution in [0.1, 0.15) is 23.1 Å². The van der Waals surface area contributed by atoms with Crippen molar-refractivity contribution in [3.8, 4) is 0 Å². The second-order valence-corrected chi connectivity index (χ2v) is 5.94. The molecule has 0 fully saturated rings. The molecule has 0 heterocycles. The first-order valence-electron chi connectivity index (χ1n) is 7.33. The molecule has 2 rings (SSSR count). The van der Waals surface area contributed by atoms with Gasteiger partial charge in [0.15, 0.2) is 0 Å². The summed E-state index contributed by atoms with van der Waals surface area (Å²) in [6.07, 6.45) is 0.412. The third-order valence-electron chi connectivity index (χ3n) is 3.47. The van der Waals surface area contributed by atoms with Gasteiger partial charge in [-0.05, 0) is 56.2 Å². The average Bonchev–Trinajstić information content (AvgIpc) is 2.45. The van der Waals surface area contributed by atoms with Crippen LogP contribution in [0.4, 0.5) is 11.4 Å². The highest BCUT2D eigenvalue weighted by atomic mass is 35.5. The zero-order chi connectivity index (χ0) is 16.1. The molecule has 0 aliphatic heterocycles. The molecule has 2 aromatic rings. The van der Waals surface area contributed by atoms with Gasteiger partial charge in [-0.2, -0.15) is 0 Å². The minimum absolute atomic E-state index is 0.0107. The molecule has 0 saturated carbocycles. The van der Waals surface area contributed by atoms with Crippen molar-refractivity contribution in [2.45, 2.75) is 27.2 Å². The normalized spacial score (nSPS) is 10.4. The number of halogens is 1. The van der Waals surface area contributed by atoms with Crippen molar-refractivity contribution in [3.63, 3.8) is 0 Å². The molecule has 0 unspecified atom stereocenters. The first kappa shape index (κ1) is 16.4. The lowest BCUT2D eigenvalue weighted by Gasteiger charge is -2.13. The third kappa shape index (κ3) is 4.50. The minimum Gasteiger partial charge on any atom is -0.385 e. The Bertz CT molecular complexity index is 642. The Labute approximate surface area is 136 Å². The largest absolute Gasteiger partial charge is 0.385 e. The number of benzene rings is 2. The number of amides is 1. The van der Waals surface area contributed by atoms with Crippen molar-refractivity contribution in [1.82, 2.24) is 0 Å². The first-order valence-corrected chi connectivity index (χ1v) is 7.70. The highest BCUT2D eigenvalue weighted by Crippen LogP contribution is 2.22. The van der Waals surface area contributed by atoms with Gasteiger partial charge in [0.1, 0.15) is 0 Å². The molecule has 0 aliphatic rings. The van der Waals surface area contributed by atoms with Crippen LogP contribution in [-0.2, 0) is 4.79 Å². The monoisotopic (exact) mass is 316 g/mol. The topological polar surface area (TPSA) is 41.1 Å². The van der Waals surface area contributed by atoms with Gasteiger partial charge in [-0.1, -0.05) is 29.3 Å². The van der Waals surface area contributed by atoms with Crippen LogP contribution in [0, 0.1) is 20.8 Å². The molecular weight excluding hydrogens is 296 g/mol. The van der Waals surface area contributed by atoms with E-state index in [-0.39, 0.29) is 5.91 Å². The summed E-state index contributed by atoms with van der Waals surface area (Å²) < 4.78 is 0. The average molecular weight is 317 g/mol. The van der Waals surface area contributed by atoms with E-state index in [1.807, 2.05) is 38.1 Å². The fourth-order valence-electron chi connectivity index (χ4n) is 2.47. The Kier molecular flexibility index (Phi) is 5.45. The maximum Gasteiger partial charge on any atom is 0.226 e. The molecule has 4 heteroatoms. The van der Waals surface area contributed by atoms with Gasteiger partial charge in [0, 0.05) is 29.4 Å². The lowest BCUT2D eigenvalue weighted by Crippen LogP contribution is -2.17. The molecular formula is C18H21ClN2O. The van der Waals surface area contributed by atoms with Gasteiger partial charge in [-0.3, -0.25) is 4.79 Å². The number of carbonyl (C=O) groups is 1. The van der Waals surface area contributed by atoms with Crippen molar-refractivity contribution in [1.29, 1.82) is 0 Å². The van der Waals surface area contributed by atoms with Crippen molar-refractivity contribution >= 4 is 28.9 Å². The molecule has 0 atom stereocenters. The van der Waals surface area contributed by atoms with E-state index in [0.717, 1.165) is 22.5 Å². The minimum atomic E-state index is 0.0107. The second kappa shape index (κ2) is 7.32. The molecule has 0 radical (unpaired) electrons. The summed E-state index contributed by atoms with van der Waals surface area (Å²) in [5, 5.41) is 6.91. The quantitative estimate of drug-likeness (QED) is 0.839. The van der Waals surface area contributed by atoms with Crippen LogP contribution >= 0.6 is 11.6 Å². The zero-order valence-corrected chi connectivity index (χ0v) is 13.9. The van der Waals surface area contributed by atoms with Crippen LogP contribution in [0.2, 0.25) is 5.02 Å². The van der Waals surface area contributed by atoms with Crippen LogP contribution in [0.5, 0.6) is 0 Å². The van der Waals surface area contributed by atoms with Crippen molar-refractivity contribution in [2.75, 3.05) is 17.2 Å². The van der Waals surface area contributed by atoms with Gasteiger partial charge in [0.05, 0.1) is 0 Å². The number of hydrogen-bond donors (Lipinski definition) is 2. The van der Waals surface area contributed by atoms with E-state index >= 15 is 0 Å². The van der Waals surface area contributed by atoms with Crippen LogP contribution in [0.25, 0.3) is 0 Å². The SMILES string of the molecule is Cc1cc(C)c(NC(=O)CCNc2ccc(Cl)cc2)c(C)c1. The first-order chi connectivity index (χ1) is 10.5. The molecule has 0 saturated heterocycles. The smallest absolute Gasteiger partial charge is 0.226 e. The summed E-state index contributed by atoms with van der Waals surface area (Å²) in [4.78, 5) is 12.1.